The van der Waals surface area contributed by atoms with Crippen LogP contribution in [0.15, 0.2) is 42.5 Å². The van der Waals surface area contributed by atoms with Crippen molar-refractivity contribution in [1.82, 2.24) is 5.32 Å². The van der Waals surface area contributed by atoms with E-state index in [0.717, 1.165) is 29.7 Å². The Bertz CT molecular complexity index is 957. The second-order valence-corrected chi connectivity index (χ2v) is 9.42. The molecular formula is C23H32N2O4S. The predicted octanol–water partition coefficient (Wildman–Crippen LogP) is 3.61. The lowest BCUT2D eigenvalue weighted by molar-refractivity contribution is -0.121. The number of carbonyl (C=O) groups excluding carboxylic acids is 1. The van der Waals surface area contributed by atoms with E-state index >= 15 is 0 Å². The maximum Gasteiger partial charge on any atom is 0.232 e. The van der Waals surface area contributed by atoms with Crippen molar-refractivity contribution in [2.45, 2.75) is 39.5 Å². The van der Waals surface area contributed by atoms with Crippen molar-refractivity contribution >= 4 is 21.6 Å². The molecule has 0 aliphatic rings. The molecule has 1 amide bonds. The number of aryl methyl sites for hydroxylation is 3. The largest absolute Gasteiger partial charge is 0.497 e. The third kappa shape index (κ3) is 7.37. The Labute approximate surface area is 180 Å². The first-order valence-electron chi connectivity index (χ1n) is 10.2. The first-order chi connectivity index (χ1) is 14.2. The number of hydrogen-bond donors (Lipinski definition) is 1. The lowest BCUT2D eigenvalue weighted by Gasteiger charge is -2.23. The number of carbonyl (C=O) groups is 1. The fourth-order valence-electron chi connectivity index (χ4n) is 3.19. The average molecular weight is 433 g/mol. The van der Waals surface area contributed by atoms with E-state index in [1.54, 1.807) is 7.11 Å². The number of sulfonamides is 1. The van der Waals surface area contributed by atoms with Crippen molar-refractivity contribution in [1.29, 1.82) is 0 Å². The molecule has 0 aliphatic carbocycles. The van der Waals surface area contributed by atoms with E-state index in [0.29, 0.717) is 18.7 Å². The summed E-state index contributed by atoms with van der Waals surface area (Å²) in [5.41, 5.74) is 3.95. The molecule has 30 heavy (non-hydrogen) atoms. The first-order valence-corrected chi connectivity index (χ1v) is 12.0. The fraction of sp³-hybridized carbons (Fsp3) is 0.435. The minimum atomic E-state index is -3.41. The van der Waals surface area contributed by atoms with Crippen LogP contribution >= 0.6 is 0 Å². The summed E-state index contributed by atoms with van der Waals surface area (Å²) in [6, 6.07) is 13.5. The predicted molar refractivity (Wildman–Crippen MR) is 122 cm³/mol. The van der Waals surface area contributed by atoms with Gasteiger partial charge < -0.3 is 10.1 Å². The van der Waals surface area contributed by atoms with E-state index in [2.05, 4.69) is 5.32 Å². The van der Waals surface area contributed by atoms with Gasteiger partial charge in [0.25, 0.3) is 0 Å². The summed E-state index contributed by atoms with van der Waals surface area (Å²) >= 11 is 0. The van der Waals surface area contributed by atoms with Gasteiger partial charge >= 0.3 is 0 Å². The number of methoxy groups -OCH3 is 1. The number of hydrogen-bond acceptors (Lipinski definition) is 4. The summed E-state index contributed by atoms with van der Waals surface area (Å²) in [6.07, 6.45) is 3.63. The molecular weight excluding hydrogens is 400 g/mol. The quantitative estimate of drug-likeness (QED) is 0.551. The number of nitrogens with one attached hydrogen (secondary N) is 1. The molecule has 0 saturated carbocycles. The molecule has 0 heterocycles. The van der Waals surface area contributed by atoms with E-state index in [9.17, 15) is 13.2 Å². The van der Waals surface area contributed by atoms with Crippen LogP contribution in [0, 0.1) is 13.8 Å². The first kappa shape index (κ1) is 23.7. The lowest BCUT2D eigenvalue weighted by atomic mass is 10.1. The van der Waals surface area contributed by atoms with Crippen LogP contribution < -0.4 is 14.4 Å². The maximum atomic E-state index is 12.2. The van der Waals surface area contributed by atoms with Crippen LogP contribution in [0.4, 0.5) is 5.69 Å². The topological polar surface area (TPSA) is 75.7 Å². The second-order valence-electron chi connectivity index (χ2n) is 7.51. The summed E-state index contributed by atoms with van der Waals surface area (Å²) in [4.78, 5) is 12.1. The van der Waals surface area contributed by atoms with Crippen molar-refractivity contribution in [2.24, 2.45) is 0 Å². The summed E-state index contributed by atoms with van der Waals surface area (Å²) in [6.45, 7) is 4.81. The van der Waals surface area contributed by atoms with Gasteiger partial charge in [0.2, 0.25) is 15.9 Å². The van der Waals surface area contributed by atoms with Crippen molar-refractivity contribution in [3.05, 3.63) is 59.2 Å². The van der Waals surface area contributed by atoms with Gasteiger partial charge in [0.15, 0.2) is 0 Å². The highest BCUT2D eigenvalue weighted by Crippen LogP contribution is 2.21. The molecule has 0 radical (unpaired) electrons. The molecule has 0 aromatic heterocycles. The van der Waals surface area contributed by atoms with E-state index < -0.39 is 10.0 Å². The summed E-state index contributed by atoms with van der Waals surface area (Å²) < 4.78 is 31.0. The summed E-state index contributed by atoms with van der Waals surface area (Å²) in [7, 11) is -1.77. The number of rotatable bonds is 11. The summed E-state index contributed by atoms with van der Waals surface area (Å²) in [5, 5.41) is 2.91. The van der Waals surface area contributed by atoms with Gasteiger partial charge in [-0.25, -0.2) is 8.42 Å². The zero-order chi connectivity index (χ0) is 22.1. The number of anilines is 1. The standard InChI is InChI=1S/C23H32N2O4S/c1-18-12-13-21(16-19(18)2)25(30(4,27)28)15-7-11-23(26)24-14-6-9-20-8-5-10-22(17-20)29-3/h5,8,10,12-13,16-17H,6-7,9,11,14-15H2,1-4H3,(H,24,26). The van der Waals surface area contributed by atoms with Gasteiger partial charge in [-0.3, -0.25) is 9.10 Å². The van der Waals surface area contributed by atoms with Crippen LogP contribution in [-0.2, 0) is 21.2 Å². The normalized spacial score (nSPS) is 11.2. The fourth-order valence-corrected chi connectivity index (χ4v) is 4.14. The number of ether oxygens (including phenoxy) is 1. The highest BCUT2D eigenvalue weighted by Gasteiger charge is 2.18. The molecule has 0 unspecified atom stereocenters. The zero-order valence-electron chi connectivity index (χ0n) is 18.3. The van der Waals surface area contributed by atoms with Gasteiger partial charge in [-0.1, -0.05) is 18.2 Å². The van der Waals surface area contributed by atoms with Crippen LogP contribution in [0.2, 0.25) is 0 Å². The average Bonchev–Trinajstić information content (AvgIpc) is 2.70. The number of benzene rings is 2. The number of nitrogens with zero attached hydrogens (tertiary/aromatic N) is 1. The van der Waals surface area contributed by atoms with E-state index in [1.165, 1.54) is 16.1 Å². The Balaban J connectivity index is 1.77. The third-order valence-electron chi connectivity index (χ3n) is 5.04. The van der Waals surface area contributed by atoms with Crippen molar-refractivity contribution in [2.75, 3.05) is 30.8 Å². The molecule has 164 valence electrons. The minimum Gasteiger partial charge on any atom is -0.497 e. The van der Waals surface area contributed by atoms with Crippen LogP contribution in [0.25, 0.3) is 0 Å². The molecule has 1 N–H and O–H groups in total. The van der Waals surface area contributed by atoms with Gasteiger partial charge in [0.05, 0.1) is 19.1 Å². The minimum absolute atomic E-state index is 0.0609. The number of amides is 1. The van der Waals surface area contributed by atoms with Gasteiger partial charge in [-0.2, -0.15) is 0 Å². The smallest absolute Gasteiger partial charge is 0.232 e. The molecule has 6 nitrogen and oxygen atoms in total. The SMILES string of the molecule is COc1cccc(CCCNC(=O)CCCN(c2ccc(C)c(C)c2)S(C)(=O)=O)c1. The van der Waals surface area contributed by atoms with Crippen molar-refractivity contribution < 1.29 is 17.9 Å². The zero-order valence-corrected chi connectivity index (χ0v) is 19.1. The van der Waals surface area contributed by atoms with E-state index in [1.807, 2.05) is 56.3 Å². The van der Waals surface area contributed by atoms with Crippen LogP contribution in [0.5, 0.6) is 5.75 Å². The Morgan fingerprint density at radius 1 is 1.07 bits per heavy atom. The highest BCUT2D eigenvalue weighted by molar-refractivity contribution is 7.92. The van der Waals surface area contributed by atoms with Gasteiger partial charge in [0.1, 0.15) is 5.75 Å². The summed E-state index contributed by atoms with van der Waals surface area (Å²) in [5.74, 6) is 0.768. The van der Waals surface area contributed by atoms with Crippen molar-refractivity contribution in [3.8, 4) is 5.75 Å². The molecule has 2 aromatic carbocycles. The highest BCUT2D eigenvalue weighted by atomic mass is 32.2. The van der Waals surface area contributed by atoms with E-state index in [4.69, 9.17) is 4.74 Å². The Morgan fingerprint density at radius 3 is 2.50 bits per heavy atom. The molecule has 0 atom stereocenters. The third-order valence-corrected chi connectivity index (χ3v) is 6.24. The molecule has 0 spiro atoms. The van der Waals surface area contributed by atoms with Gasteiger partial charge in [-0.05, 0) is 74.1 Å². The van der Waals surface area contributed by atoms with Gasteiger partial charge in [-0.15, -0.1) is 0 Å². The molecule has 7 heteroatoms. The monoisotopic (exact) mass is 432 g/mol. The van der Waals surface area contributed by atoms with Crippen LogP contribution in [0.1, 0.15) is 36.0 Å². The van der Waals surface area contributed by atoms with Crippen LogP contribution in [-0.4, -0.2) is 40.8 Å². The lowest BCUT2D eigenvalue weighted by Crippen LogP contribution is -2.32. The maximum absolute atomic E-state index is 12.2. The molecule has 2 aromatic rings. The molecule has 0 aliphatic heterocycles. The molecule has 0 saturated heterocycles. The second kappa shape index (κ2) is 11.0. The Morgan fingerprint density at radius 2 is 1.83 bits per heavy atom. The van der Waals surface area contributed by atoms with E-state index in [-0.39, 0.29) is 18.9 Å². The molecule has 0 fully saturated rings. The molecule has 0 bridgehead atoms. The Kier molecular flexibility index (Phi) is 8.72. The Hall–Kier alpha value is -2.54. The molecule has 2 rings (SSSR count). The van der Waals surface area contributed by atoms with Crippen LogP contribution in [0.3, 0.4) is 0 Å². The van der Waals surface area contributed by atoms with Gasteiger partial charge in [0, 0.05) is 19.5 Å². The van der Waals surface area contributed by atoms with Crippen molar-refractivity contribution in [3.63, 3.8) is 0 Å².